The largest absolute Gasteiger partial charge is 0.378 e. The van der Waals surface area contributed by atoms with Crippen LogP contribution in [0.25, 0.3) is 0 Å². The average molecular weight is 536 g/mol. The van der Waals surface area contributed by atoms with E-state index in [0.717, 1.165) is 49.4 Å². The normalized spacial score (nSPS) is 18.5. The van der Waals surface area contributed by atoms with Crippen LogP contribution < -0.4 is 5.32 Å². The molecular formula is C19H33IN6O2S. The van der Waals surface area contributed by atoms with Crippen molar-refractivity contribution in [2.45, 2.75) is 27.3 Å². The first-order valence-electron chi connectivity index (χ1n) is 10.1. The quantitative estimate of drug-likeness (QED) is 0.348. The number of piperazine rings is 1. The molecular weight excluding hydrogens is 503 g/mol. The predicted molar refractivity (Wildman–Crippen MR) is 127 cm³/mol. The van der Waals surface area contributed by atoms with Gasteiger partial charge in [-0.1, -0.05) is 0 Å². The highest BCUT2D eigenvalue weighted by Gasteiger charge is 2.24. The van der Waals surface area contributed by atoms with Gasteiger partial charge in [0.15, 0.2) is 5.96 Å². The van der Waals surface area contributed by atoms with Crippen LogP contribution in [0.2, 0.25) is 0 Å². The van der Waals surface area contributed by atoms with Crippen LogP contribution in [0.5, 0.6) is 0 Å². The lowest BCUT2D eigenvalue weighted by Crippen LogP contribution is -2.54. The second-order valence-electron chi connectivity index (χ2n) is 7.18. The molecule has 10 heteroatoms. The topological polar surface area (TPSA) is 73.3 Å². The molecule has 0 saturated carbocycles. The lowest BCUT2D eigenvalue weighted by molar-refractivity contribution is -0.136. The Kier molecular flexibility index (Phi) is 10.1. The molecule has 8 nitrogen and oxygen atoms in total. The lowest BCUT2D eigenvalue weighted by Gasteiger charge is -2.37. The summed E-state index contributed by atoms with van der Waals surface area (Å²) in [5.74, 6) is 1.15. The van der Waals surface area contributed by atoms with Crippen LogP contribution in [-0.4, -0.2) is 97.1 Å². The number of guanidine groups is 1. The van der Waals surface area contributed by atoms with Gasteiger partial charge < -0.3 is 19.9 Å². The van der Waals surface area contributed by atoms with Gasteiger partial charge in [0, 0.05) is 50.7 Å². The smallest absolute Gasteiger partial charge is 0.236 e. The standard InChI is InChI=1S/C19H32N6O2S.HI/c1-4-20-19(21-13-17-22-15(2)16(3)28-17)25-7-5-23(6-8-25)14-18(26)24-9-11-27-12-10-24;/h4-14H2,1-3H3,(H,20,21);1H. The zero-order valence-corrected chi connectivity index (χ0v) is 20.8. The van der Waals surface area contributed by atoms with E-state index in [1.165, 1.54) is 4.88 Å². The number of halogens is 1. The van der Waals surface area contributed by atoms with Crippen LogP contribution in [0, 0.1) is 13.8 Å². The summed E-state index contributed by atoms with van der Waals surface area (Å²) in [7, 11) is 0. The van der Waals surface area contributed by atoms with Crippen molar-refractivity contribution < 1.29 is 9.53 Å². The maximum atomic E-state index is 12.4. The zero-order chi connectivity index (χ0) is 19.9. The highest BCUT2D eigenvalue weighted by atomic mass is 127. The number of aromatic nitrogens is 1. The van der Waals surface area contributed by atoms with E-state index in [2.05, 4.69) is 33.9 Å². The second-order valence-corrected chi connectivity index (χ2v) is 8.46. The molecule has 0 unspecified atom stereocenters. The number of carbonyl (C=O) groups is 1. The van der Waals surface area contributed by atoms with Gasteiger partial charge in [-0.15, -0.1) is 35.3 Å². The number of aliphatic imine (C=N–C) groups is 1. The van der Waals surface area contributed by atoms with E-state index in [9.17, 15) is 4.79 Å². The molecule has 2 aliphatic heterocycles. The van der Waals surface area contributed by atoms with E-state index in [0.29, 0.717) is 39.4 Å². The highest BCUT2D eigenvalue weighted by Crippen LogP contribution is 2.17. The number of nitrogens with one attached hydrogen (secondary N) is 1. The monoisotopic (exact) mass is 536 g/mol. The molecule has 2 saturated heterocycles. The number of hydrogen-bond donors (Lipinski definition) is 1. The third-order valence-electron chi connectivity index (χ3n) is 5.17. The molecule has 3 rings (SSSR count). The Labute approximate surface area is 194 Å². The summed E-state index contributed by atoms with van der Waals surface area (Å²) < 4.78 is 5.33. The molecule has 0 aliphatic carbocycles. The van der Waals surface area contributed by atoms with Gasteiger partial charge in [0.2, 0.25) is 5.91 Å². The minimum absolute atomic E-state index is 0. The SMILES string of the molecule is CCNC(=NCc1nc(C)c(C)s1)N1CCN(CC(=O)N2CCOCC2)CC1.I. The first-order valence-corrected chi connectivity index (χ1v) is 10.9. The van der Waals surface area contributed by atoms with Gasteiger partial charge in [0.25, 0.3) is 0 Å². The molecule has 29 heavy (non-hydrogen) atoms. The number of morpholine rings is 1. The van der Waals surface area contributed by atoms with Gasteiger partial charge in [-0.25, -0.2) is 9.98 Å². The minimum Gasteiger partial charge on any atom is -0.378 e. The number of thiazole rings is 1. The maximum absolute atomic E-state index is 12.4. The Morgan fingerprint density at radius 1 is 1.14 bits per heavy atom. The third kappa shape index (κ3) is 7.04. The van der Waals surface area contributed by atoms with Gasteiger partial charge in [0.1, 0.15) is 5.01 Å². The van der Waals surface area contributed by atoms with Crippen molar-refractivity contribution >= 4 is 47.2 Å². The fourth-order valence-electron chi connectivity index (χ4n) is 3.40. The number of ether oxygens (including phenoxy) is 1. The molecule has 0 spiro atoms. The molecule has 2 aliphatic rings. The van der Waals surface area contributed by atoms with Crippen molar-refractivity contribution in [3.63, 3.8) is 0 Å². The first kappa shape index (κ1) is 24.3. The first-order chi connectivity index (χ1) is 13.6. The number of nitrogens with zero attached hydrogens (tertiary/aromatic N) is 5. The molecule has 1 aromatic rings. The van der Waals surface area contributed by atoms with Gasteiger partial charge in [-0.05, 0) is 20.8 Å². The molecule has 0 atom stereocenters. The Morgan fingerprint density at radius 3 is 2.41 bits per heavy atom. The number of amides is 1. The molecule has 1 aromatic heterocycles. The maximum Gasteiger partial charge on any atom is 0.236 e. The summed E-state index contributed by atoms with van der Waals surface area (Å²) >= 11 is 1.72. The van der Waals surface area contributed by atoms with Crippen LogP contribution in [0.1, 0.15) is 22.5 Å². The van der Waals surface area contributed by atoms with Crippen LogP contribution >= 0.6 is 35.3 Å². The van der Waals surface area contributed by atoms with Crippen molar-refractivity contribution in [3.05, 3.63) is 15.6 Å². The molecule has 2 fully saturated rings. The molecule has 0 aromatic carbocycles. The number of hydrogen-bond acceptors (Lipinski definition) is 6. The molecule has 164 valence electrons. The highest BCUT2D eigenvalue weighted by molar-refractivity contribution is 14.0. The van der Waals surface area contributed by atoms with Crippen LogP contribution in [0.15, 0.2) is 4.99 Å². The fourth-order valence-corrected chi connectivity index (χ4v) is 4.26. The Morgan fingerprint density at radius 2 is 1.83 bits per heavy atom. The van der Waals surface area contributed by atoms with Crippen molar-refractivity contribution in [2.24, 2.45) is 4.99 Å². The Hall–Kier alpha value is -0.980. The van der Waals surface area contributed by atoms with Crippen LogP contribution in [0.3, 0.4) is 0 Å². The van der Waals surface area contributed by atoms with E-state index < -0.39 is 0 Å². The molecule has 0 radical (unpaired) electrons. The third-order valence-corrected chi connectivity index (χ3v) is 6.22. The molecule has 0 bridgehead atoms. The molecule has 1 N–H and O–H groups in total. The van der Waals surface area contributed by atoms with E-state index in [1.54, 1.807) is 11.3 Å². The predicted octanol–water partition coefficient (Wildman–Crippen LogP) is 1.32. The molecule has 1 amide bonds. The summed E-state index contributed by atoms with van der Waals surface area (Å²) in [6.07, 6.45) is 0. The summed E-state index contributed by atoms with van der Waals surface area (Å²) in [4.78, 5) is 29.5. The van der Waals surface area contributed by atoms with E-state index in [4.69, 9.17) is 9.73 Å². The van der Waals surface area contributed by atoms with E-state index in [-0.39, 0.29) is 29.9 Å². The van der Waals surface area contributed by atoms with Crippen LogP contribution in [0.4, 0.5) is 0 Å². The van der Waals surface area contributed by atoms with Crippen molar-refractivity contribution in [1.82, 2.24) is 25.0 Å². The van der Waals surface area contributed by atoms with Gasteiger partial charge in [-0.2, -0.15) is 0 Å². The van der Waals surface area contributed by atoms with Crippen molar-refractivity contribution in [2.75, 3.05) is 65.6 Å². The zero-order valence-electron chi connectivity index (χ0n) is 17.6. The fraction of sp³-hybridized carbons (Fsp3) is 0.737. The Bertz CT molecular complexity index is 665. The van der Waals surface area contributed by atoms with Gasteiger partial charge in [0.05, 0.1) is 32.0 Å². The summed E-state index contributed by atoms with van der Waals surface area (Å²) in [6, 6.07) is 0. The number of rotatable bonds is 5. The lowest BCUT2D eigenvalue weighted by atomic mass is 10.3. The van der Waals surface area contributed by atoms with Gasteiger partial charge >= 0.3 is 0 Å². The van der Waals surface area contributed by atoms with E-state index >= 15 is 0 Å². The number of carbonyl (C=O) groups excluding carboxylic acids is 1. The van der Waals surface area contributed by atoms with E-state index in [1.807, 2.05) is 11.8 Å². The molecule has 3 heterocycles. The van der Waals surface area contributed by atoms with Crippen molar-refractivity contribution in [1.29, 1.82) is 0 Å². The number of aryl methyl sites for hydroxylation is 2. The minimum atomic E-state index is 0. The summed E-state index contributed by atoms with van der Waals surface area (Å²) in [5.41, 5.74) is 1.10. The Balaban J connectivity index is 0.00000300. The summed E-state index contributed by atoms with van der Waals surface area (Å²) in [5, 5.41) is 4.45. The average Bonchev–Trinajstić information content (AvgIpc) is 3.04. The second kappa shape index (κ2) is 12.0. The summed E-state index contributed by atoms with van der Waals surface area (Å²) in [6.45, 7) is 14.4. The van der Waals surface area contributed by atoms with Gasteiger partial charge in [-0.3, -0.25) is 9.69 Å². The van der Waals surface area contributed by atoms with Crippen molar-refractivity contribution in [3.8, 4) is 0 Å². The van der Waals surface area contributed by atoms with Crippen LogP contribution in [-0.2, 0) is 16.1 Å².